The van der Waals surface area contributed by atoms with Crippen LogP contribution in [0.25, 0.3) is 0 Å². The Morgan fingerprint density at radius 3 is 2.48 bits per heavy atom. The van der Waals surface area contributed by atoms with Crippen molar-refractivity contribution in [3.8, 4) is 0 Å². The SMILES string of the molecule is NC(CNC(=O)c1cccc(NC(=O)C2CCCCC2)c1)c1ccccc1. The van der Waals surface area contributed by atoms with E-state index in [1.54, 1.807) is 18.2 Å². The zero-order valence-electron chi connectivity index (χ0n) is 15.5. The van der Waals surface area contributed by atoms with Crippen LogP contribution in [0.3, 0.4) is 0 Å². The van der Waals surface area contributed by atoms with E-state index in [9.17, 15) is 9.59 Å². The first-order valence-corrected chi connectivity index (χ1v) is 9.63. The van der Waals surface area contributed by atoms with Gasteiger partial charge in [0.05, 0.1) is 0 Å². The van der Waals surface area contributed by atoms with Crippen LogP contribution in [-0.4, -0.2) is 18.4 Å². The molecule has 1 aliphatic carbocycles. The fourth-order valence-electron chi connectivity index (χ4n) is 3.47. The smallest absolute Gasteiger partial charge is 0.251 e. The van der Waals surface area contributed by atoms with Gasteiger partial charge in [-0.05, 0) is 36.6 Å². The molecule has 1 fully saturated rings. The van der Waals surface area contributed by atoms with Crippen LogP contribution in [-0.2, 0) is 4.79 Å². The third-order valence-electron chi connectivity index (χ3n) is 5.08. The van der Waals surface area contributed by atoms with Crippen LogP contribution < -0.4 is 16.4 Å². The van der Waals surface area contributed by atoms with Gasteiger partial charge in [0.25, 0.3) is 5.91 Å². The summed E-state index contributed by atoms with van der Waals surface area (Å²) in [6.45, 7) is 0.349. The number of benzene rings is 2. The Balaban J connectivity index is 1.56. The third kappa shape index (κ3) is 5.41. The molecule has 1 atom stereocenters. The van der Waals surface area contributed by atoms with Crippen LogP contribution in [0.5, 0.6) is 0 Å². The van der Waals surface area contributed by atoms with Gasteiger partial charge in [-0.3, -0.25) is 9.59 Å². The number of nitrogens with one attached hydrogen (secondary N) is 2. The van der Waals surface area contributed by atoms with Crippen molar-refractivity contribution in [2.24, 2.45) is 11.7 Å². The van der Waals surface area contributed by atoms with E-state index >= 15 is 0 Å². The van der Waals surface area contributed by atoms with Crippen LogP contribution in [0.4, 0.5) is 5.69 Å². The van der Waals surface area contributed by atoms with Gasteiger partial charge < -0.3 is 16.4 Å². The van der Waals surface area contributed by atoms with Gasteiger partial charge in [-0.15, -0.1) is 0 Å². The molecule has 0 aromatic heterocycles. The minimum Gasteiger partial charge on any atom is -0.350 e. The second-order valence-corrected chi connectivity index (χ2v) is 7.13. The molecule has 0 heterocycles. The van der Waals surface area contributed by atoms with Gasteiger partial charge in [-0.2, -0.15) is 0 Å². The van der Waals surface area contributed by atoms with E-state index < -0.39 is 0 Å². The van der Waals surface area contributed by atoms with E-state index in [2.05, 4.69) is 10.6 Å². The molecule has 27 heavy (non-hydrogen) atoms. The number of nitrogens with two attached hydrogens (primary N) is 1. The van der Waals surface area contributed by atoms with Crippen molar-refractivity contribution in [2.45, 2.75) is 38.1 Å². The van der Waals surface area contributed by atoms with Crippen LogP contribution in [0.15, 0.2) is 54.6 Å². The van der Waals surface area contributed by atoms with E-state index in [1.807, 2.05) is 36.4 Å². The van der Waals surface area contributed by atoms with Crippen molar-refractivity contribution in [1.82, 2.24) is 5.32 Å². The summed E-state index contributed by atoms with van der Waals surface area (Å²) in [4.78, 5) is 24.8. The topological polar surface area (TPSA) is 84.2 Å². The monoisotopic (exact) mass is 365 g/mol. The molecule has 5 nitrogen and oxygen atoms in total. The molecular formula is C22H27N3O2. The Bertz CT molecular complexity index is 770. The van der Waals surface area contributed by atoms with Crippen molar-refractivity contribution < 1.29 is 9.59 Å². The van der Waals surface area contributed by atoms with Gasteiger partial charge in [0.2, 0.25) is 5.91 Å². The summed E-state index contributed by atoms with van der Waals surface area (Å²) >= 11 is 0. The van der Waals surface area contributed by atoms with E-state index in [0.717, 1.165) is 31.2 Å². The molecule has 2 aromatic carbocycles. The first kappa shape index (κ1) is 19.1. The highest BCUT2D eigenvalue weighted by molar-refractivity contribution is 5.97. The average molecular weight is 365 g/mol. The molecule has 1 aliphatic rings. The maximum absolute atomic E-state index is 12.4. The standard InChI is InChI=1S/C22H27N3O2/c23-20(16-8-3-1-4-9-16)15-24-21(26)18-12-7-13-19(14-18)25-22(27)17-10-5-2-6-11-17/h1,3-4,7-9,12-14,17,20H,2,5-6,10-11,15,23H2,(H,24,26)(H,25,27). The van der Waals surface area contributed by atoms with E-state index in [1.165, 1.54) is 6.42 Å². The highest BCUT2D eigenvalue weighted by Gasteiger charge is 2.21. The van der Waals surface area contributed by atoms with Gasteiger partial charge in [-0.1, -0.05) is 55.7 Å². The lowest BCUT2D eigenvalue weighted by atomic mass is 9.88. The highest BCUT2D eigenvalue weighted by atomic mass is 16.2. The Kier molecular flexibility index (Phi) is 6.60. The third-order valence-corrected chi connectivity index (χ3v) is 5.08. The molecule has 142 valence electrons. The quantitative estimate of drug-likeness (QED) is 0.731. The fraction of sp³-hybridized carbons (Fsp3) is 0.364. The Morgan fingerprint density at radius 2 is 1.74 bits per heavy atom. The van der Waals surface area contributed by atoms with Crippen LogP contribution in [0.2, 0.25) is 0 Å². The summed E-state index contributed by atoms with van der Waals surface area (Å²) in [6, 6.07) is 16.5. The molecule has 5 heteroatoms. The number of hydrogen-bond acceptors (Lipinski definition) is 3. The van der Waals surface area contributed by atoms with Crippen LogP contribution in [0.1, 0.15) is 54.1 Å². The number of carbonyl (C=O) groups is 2. The highest BCUT2D eigenvalue weighted by Crippen LogP contribution is 2.25. The number of anilines is 1. The fourth-order valence-corrected chi connectivity index (χ4v) is 3.47. The summed E-state index contributed by atoms with van der Waals surface area (Å²) in [5.74, 6) is -0.0615. The van der Waals surface area contributed by atoms with Gasteiger partial charge >= 0.3 is 0 Å². The predicted molar refractivity (Wildman–Crippen MR) is 107 cm³/mol. The van der Waals surface area contributed by atoms with E-state index in [4.69, 9.17) is 5.73 Å². The second-order valence-electron chi connectivity index (χ2n) is 7.13. The minimum absolute atomic E-state index is 0.0540. The van der Waals surface area contributed by atoms with Crippen molar-refractivity contribution >= 4 is 17.5 Å². The summed E-state index contributed by atoms with van der Waals surface area (Å²) in [5.41, 5.74) is 8.27. The maximum atomic E-state index is 12.4. The van der Waals surface area contributed by atoms with Crippen molar-refractivity contribution in [1.29, 1.82) is 0 Å². The lowest BCUT2D eigenvalue weighted by Crippen LogP contribution is -2.32. The molecule has 0 spiro atoms. The molecule has 0 aliphatic heterocycles. The maximum Gasteiger partial charge on any atom is 0.251 e. The average Bonchev–Trinajstić information content (AvgIpc) is 2.73. The summed E-state index contributed by atoms with van der Waals surface area (Å²) in [7, 11) is 0. The predicted octanol–water partition coefficient (Wildman–Crippen LogP) is 3.64. The molecule has 3 rings (SSSR count). The first-order chi connectivity index (χ1) is 13.1. The molecule has 0 saturated heterocycles. The van der Waals surface area contributed by atoms with Crippen molar-refractivity contribution in [3.63, 3.8) is 0 Å². The van der Waals surface area contributed by atoms with Gasteiger partial charge in [-0.25, -0.2) is 0 Å². The van der Waals surface area contributed by atoms with Gasteiger partial charge in [0.1, 0.15) is 0 Å². The Hall–Kier alpha value is -2.66. The zero-order valence-corrected chi connectivity index (χ0v) is 15.5. The molecule has 0 radical (unpaired) electrons. The molecular weight excluding hydrogens is 338 g/mol. The molecule has 0 bridgehead atoms. The normalized spacial score (nSPS) is 15.7. The summed E-state index contributed by atoms with van der Waals surface area (Å²) < 4.78 is 0. The molecule has 1 saturated carbocycles. The molecule has 2 amide bonds. The number of amides is 2. The molecule has 4 N–H and O–H groups in total. The molecule has 2 aromatic rings. The lowest BCUT2D eigenvalue weighted by molar-refractivity contribution is -0.120. The van der Waals surface area contributed by atoms with Crippen LogP contribution >= 0.6 is 0 Å². The first-order valence-electron chi connectivity index (χ1n) is 9.63. The Labute approximate surface area is 160 Å². The zero-order chi connectivity index (χ0) is 19.1. The van der Waals surface area contributed by atoms with Crippen molar-refractivity contribution in [3.05, 3.63) is 65.7 Å². The Morgan fingerprint density at radius 1 is 1.00 bits per heavy atom. The second kappa shape index (κ2) is 9.33. The summed E-state index contributed by atoms with van der Waals surface area (Å²) in [5, 5.41) is 5.82. The van der Waals surface area contributed by atoms with Gasteiger partial charge in [0, 0.05) is 29.8 Å². The van der Waals surface area contributed by atoms with E-state index in [-0.39, 0.29) is 23.8 Å². The largest absolute Gasteiger partial charge is 0.350 e. The minimum atomic E-state index is -0.260. The van der Waals surface area contributed by atoms with Gasteiger partial charge in [0.15, 0.2) is 0 Å². The number of carbonyl (C=O) groups excluding carboxylic acids is 2. The summed E-state index contributed by atoms with van der Waals surface area (Å²) in [6.07, 6.45) is 5.34. The lowest BCUT2D eigenvalue weighted by Gasteiger charge is -2.20. The van der Waals surface area contributed by atoms with E-state index in [0.29, 0.717) is 17.8 Å². The molecule has 1 unspecified atom stereocenters. The number of rotatable bonds is 6. The van der Waals surface area contributed by atoms with Crippen LogP contribution in [0, 0.1) is 5.92 Å². The number of hydrogen-bond donors (Lipinski definition) is 3. The van der Waals surface area contributed by atoms with Crippen molar-refractivity contribution in [2.75, 3.05) is 11.9 Å².